The van der Waals surface area contributed by atoms with Crippen LogP contribution >= 0.6 is 11.8 Å². The van der Waals surface area contributed by atoms with Crippen molar-refractivity contribution in [3.05, 3.63) is 54.4 Å². The van der Waals surface area contributed by atoms with Gasteiger partial charge in [-0.15, -0.1) is 0 Å². The topological polar surface area (TPSA) is 112 Å². The average molecular weight is 438 g/mol. The van der Waals surface area contributed by atoms with E-state index in [1.54, 1.807) is 38.4 Å². The number of nitrogens with two attached hydrogens (primary N) is 1. The SMILES string of the molecule is CC1(C)SCCN(S(=O)(=O)c2ccc(OCc3ccncc3)cc2)[C@H]1C(=O)ON. The van der Waals surface area contributed by atoms with Crippen LogP contribution in [0.25, 0.3) is 0 Å². The van der Waals surface area contributed by atoms with E-state index >= 15 is 0 Å². The molecule has 2 N–H and O–H groups in total. The van der Waals surface area contributed by atoms with Gasteiger partial charge in [-0.05, 0) is 55.8 Å². The molecule has 1 aliphatic heterocycles. The minimum Gasteiger partial charge on any atom is -0.489 e. The van der Waals surface area contributed by atoms with Gasteiger partial charge in [0.05, 0.1) is 4.90 Å². The lowest BCUT2D eigenvalue weighted by molar-refractivity contribution is -0.149. The van der Waals surface area contributed by atoms with Crippen molar-refractivity contribution in [2.45, 2.75) is 36.1 Å². The van der Waals surface area contributed by atoms with E-state index in [1.165, 1.54) is 28.2 Å². The van der Waals surface area contributed by atoms with Crippen molar-refractivity contribution in [3.8, 4) is 5.75 Å². The van der Waals surface area contributed by atoms with Gasteiger partial charge < -0.3 is 9.57 Å². The molecular weight excluding hydrogens is 414 g/mol. The maximum absolute atomic E-state index is 13.2. The van der Waals surface area contributed by atoms with Crippen LogP contribution in [-0.2, 0) is 26.3 Å². The minimum absolute atomic E-state index is 0.0753. The Hall–Kier alpha value is -2.14. The summed E-state index contributed by atoms with van der Waals surface area (Å²) in [5.41, 5.74) is 0.952. The van der Waals surface area contributed by atoms with Gasteiger partial charge in [0.2, 0.25) is 10.0 Å². The highest BCUT2D eigenvalue weighted by Gasteiger charge is 2.49. The second kappa shape index (κ2) is 8.70. The predicted molar refractivity (Wildman–Crippen MR) is 110 cm³/mol. The standard InChI is InChI=1S/C19H23N3O5S2/c1-19(2)17(18(23)27-20)22(11-12-28-19)29(24,25)16-5-3-15(4-6-16)26-13-14-7-9-21-10-8-14/h3-10,17H,11-13,20H2,1-2H3/t17-/m0/s1. The molecule has 1 fully saturated rings. The van der Waals surface area contributed by atoms with Gasteiger partial charge in [0.1, 0.15) is 18.4 Å². The van der Waals surface area contributed by atoms with E-state index in [9.17, 15) is 13.2 Å². The molecule has 0 unspecified atom stereocenters. The van der Waals surface area contributed by atoms with Gasteiger partial charge in [-0.2, -0.15) is 22.0 Å². The Morgan fingerprint density at radius 1 is 1.24 bits per heavy atom. The van der Waals surface area contributed by atoms with Crippen molar-refractivity contribution in [3.63, 3.8) is 0 Å². The maximum atomic E-state index is 13.2. The van der Waals surface area contributed by atoms with Gasteiger partial charge in [-0.25, -0.2) is 13.2 Å². The molecule has 29 heavy (non-hydrogen) atoms. The molecule has 1 saturated heterocycles. The molecule has 10 heteroatoms. The number of carbonyl (C=O) groups is 1. The summed E-state index contributed by atoms with van der Waals surface area (Å²) in [5, 5.41) is 0. The summed E-state index contributed by atoms with van der Waals surface area (Å²) in [7, 11) is -3.92. The number of carbonyl (C=O) groups excluding carboxylic acids is 1. The van der Waals surface area contributed by atoms with Crippen molar-refractivity contribution in [2.75, 3.05) is 12.3 Å². The highest BCUT2D eigenvalue weighted by atomic mass is 32.2. The average Bonchev–Trinajstić information content (AvgIpc) is 2.72. The quantitative estimate of drug-likeness (QED) is 0.683. The summed E-state index contributed by atoms with van der Waals surface area (Å²) in [6.07, 6.45) is 3.35. The Kier molecular flexibility index (Phi) is 6.47. The lowest BCUT2D eigenvalue weighted by atomic mass is 10.0. The van der Waals surface area contributed by atoms with Gasteiger partial charge in [-0.3, -0.25) is 4.98 Å². The Labute approximate surface area is 174 Å². The number of thioether (sulfide) groups is 1. The molecule has 0 spiro atoms. The Balaban J connectivity index is 1.80. The van der Waals surface area contributed by atoms with E-state index in [4.69, 9.17) is 10.6 Å². The molecule has 0 radical (unpaired) electrons. The summed E-state index contributed by atoms with van der Waals surface area (Å²) in [6.45, 7) is 4.14. The zero-order chi connectivity index (χ0) is 21.1. The fourth-order valence-corrected chi connectivity index (χ4v) is 6.25. The van der Waals surface area contributed by atoms with Crippen LogP contribution in [0.15, 0.2) is 53.7 Å². The number of sulfonamides is 1. The van der Waals surface area contributed by atoms with Crippen LogP contribution < -0.4 is 10.6 Å². The third kappa shape index (κ3) is 4.72. The summed E-state index contributed by atoms with van der Waals surface area (Å²) in [5.74, 6) is 5.39. The van der Waals surface area contributed by atoms with Gasteiger partial charge >= 0.3 is 5.97 Å². The molecule has 1 atom stereocenters. The largest absolute Gasteiger partial charge is 0.489 e. The van der Waals surface area contributed by atoms with Crippen LogP contribution in [0.3, 0.4) is 0 Å². The number of pyridine rings is 1. The number of nitrogens with zero attached hydrogens (tertiary/aromatic N) is 2. The Bertz CT molecular complexity index is 950. The number of rotatable bonds is 6. The van der Waals surface area contributed by atoms with Crippen LogP contribution in [0.2, 0.25) is 0 Å². The first kappa shape index (κ1) is 21.6. The van der Waals surface area contributed by atoms with E-state index in [0.717, 1.165) is 5.56 Å². The van der Waals surface area contributed by atoms with Crippen molar-refractivity contribution in [1.82, 2.24) is 9.29 Å². The van der Waals surface area contributed by atoms with E-state index < -0.39 is 26.8 Å². The predicted octanol–water partition coefficient (Wildman–Crippen LogP) is 1.96. The third-order valence-electron chi connectivity index (χ3n) is 4.66. The van der Waals surface area contributed by atoms with Gasteiger partial charge in [-0.1, -0.05) is 0 Å². The summed E-state index contributed by atoms with van der Waals surface area (Å²) in [6, 6.07) is 8.78. The molecule has 0 amide bonds. The first-order chi connectivity index (χ1) is 13.8. The summed E-state index contributed by atoms with van der Waals surface area (Å²) < 4.78 is 32.6. The van der Waals surface area contributed by atoms with Gasteiger partial charge in [0.15, 0.2) is 0 Å². The smallest absolute Gasteiger partial charge is 0.344 e. The van der Waals surface area contributed by atoms with Gasteiger partial charge in [0, 0.05) is 29.4 Å². The highest BCUT2D eigenvalue weighted by Crippen LogP contribution is 2.38. The molecule has 0 saturated carbocycles. The van der Waals surface area contributed by atoms with E-state index in [2.05, 4.69) is 9.82 Å². The molecule has 1 aliphatic rings. The number of aromatic nitrogens is 1. The van der Waals surface area contributed by atoms with Crippen LogP contribution in [-0.4, -0.2) is 46.8 Å². The summed E-state index contributed by atoms with van der Waals surface area (Å²) in [4.78, 5) is 20.7. The number of ether oxygens (including phenoxy) is 1. The summed E-state index contributed by atoms with van der Waals surface area (Å²) >= 11 is 1.51. The molecule has 2 aromatic rings. The normalized spacial score (nSPS) is 19.5. The maximum Gasteiger partial charge on any atom is 0.344 e. The lowest BCUT2D eigenvalue weighted by Crippen LogP contribution is -2.59. The third-order valence-corrected chi connectivity index (χ3v) is 7.89. The molecule has 8 nitrogen and oxygen atoms in total. The minimum atomic E-state index is -3.92. The lowest BCUT2D eigenvalue weighted by Gasteiger charge is -2.42. The van der Waals surface area contributed by atoms with E-state index in [-0.39, 0.29) is 11.4 Å². The number of hydrogen-bond acceptors (Lipinski definition) is 8. The monoisotopic (exact) mass is 437 g/mol. The molecule has 0 aliphatic carbocycles. The molecule has 156 valence electrons. The zero-order valence-corrected chi connectivity index (χ0v) is 17.8. The van der Waals surface area contributed by atoms with Crippen molar-refractivity contribution in [2.24, 2.45) is 5.90 Å². The highest BCUT2D eigenvalue weighted by molar-refractivity contribution is 8.00. The second-order valence-electron chi connectivity index (χ2n) is 7.02. The molecule has 1 aromatic heterocycles. The Morgan fingerprint density at radius 3 is 2.52 bits per heavy atom. The fraction of sp³-hybridized carbons (Fsp3) is 0.368. The van der Waals surface area contributed by atoms with Crippen molar-refractivity contribution < 1.29 is 22.8 Å². The molecule has 0 bridgehead atoms. The Morgan fingerprint density at radius 2 is 1.90 bits per heavy atom. The zero-order valence-electron chi connectivity index (χ0n) is 16.1. The molecule has 1 aromatic carbocycles. The number of benzene rings is 1. The second-order valence-corrected chi connectivity index (χ2v) is 10.7. The number of hydrogen-bond donors (Lipinski definition) is 1. The van der Waals surface area contributed by atoms with E-state index in [0.29, 0.717) is 18.1 Å². The van der Waals surface area contributed by atoms with Gasteiger partial charge in [0.25, 0.3) is 0 Å². The molecule has 2 heterocycles. The van der Waals surface area contributed by atoms with Crippen molar-refractivity contribution in [1.29, 1.82) is 0 Å². The first-order valence-corrected chi connectivity index (χ1v) is 11.4. The first-order valence-electron chi connectivity index (χ1n) is 8.94. The van der Waals surface area contributed by atoms with Crippen LogP contribution in [0, 0.1) is 0 Å². The van der Waals surface area contributed by atoms with Crippen LogP contribution in [0.1, 0.15) is 19.4 Å². The van der Waals surface area contributed by atoms with E-state index in [1.807, 2.05) is 12.1 Å². The van der Waals surface area contributed by atoms with Crippen LogP contribution in [0.4, 0.5) is 0 Å². The fourth-order valence-electron chi connectivity index (χ4n) is 3.17. The molecular formula is C19H23N3O5S2. The van der Waals surface area contributed by atoms with Crippen LogP contribution in [0.5, 0.6) is 5.75 Å². The van der Waals surface area contributed by atoms with Crippen molar-refractivity contribution >= 4 is 27.8 Å². The molecule has 3 rings (SSSR count).